The van der Waals surface area contributed by atoms with Crippen LogP contribution in [-0.4, -0.2) is 16.2 Å². The van der Waals surface area contributed by atoms with E-state index in [1.165, 1.54) is 38.6 Å². The van der Waals surface area contributed by atoms with E-state index in [9.17, 15) is 0 Å². The molecule has 4 heterocycles. The summed E-state index contributed by atoms with van der Waals surface area (Å²) in [5, 5.41) is 2.52. The zero-order valence-electron chi connectivity index (χ0n) is 30.1. The fraction of sp³-hybridized carbons (Fsp3) is 0.174. The normalized spacial score (nSPS) is 16.4. The smallest absolute Gasteiger partial charge is 0.504 e. The number of aromatic nitrogens is 3. The van der Waals surface area contributed by atoms with Gasteiger partial charge in [-0.1, -0.05) is 112 Å². The Hall–Kier alpha value is -5.12. The number of hydrogen-bond donors (Lipinski definition) is 0. The van der Waals surface area contributed by atoms with Crippen molar-refractivity contribution in [1.82, 2.24) is 9.13 Å². The van der Waals surface area contributed by atoms with Crippen molar-refractivity contribution in [3.63, 3.8) is 0 Å². The first-order valence-corrected chi connectivity index (χ1v) is 17.7. The number of fused-ring (bicyclic) bond motifs is 7. The molecule has 0 aliphatic carbocycles. The van der Waals surface area contributed by atoms with Crippen LogP contribution in [0, 0.1) is 25.1 Å². The van der Waals surface area contributed by atoms with Crippen LogP contribution < -0.4 is 14.4 Å². The number of anilines is 3. The minimum Gasteiger partial charge on any atom is -0.504 e. The maximum atomic E-state index is 4.06. The summed E-state index contributed by atoms with van der Waals surface area (Å²) < 4.78 is 6.71. The van der Waals surface area contributed by atoms with Gasteiger partial charge in [0.25, 0.3) is 0 Å². The number of imidazole rings is 1. The minimum atomic E-state index is -0.596. The summed E-state index contributed by atoms with van der Waals surface area (Å²) in [6.07, 6.45) is 3.60. The quantitative estimate of drug-likeness (QED) is 0.130. The maximum absolute atomic E-state index is 4.06. The Morgan fingerprint density at radius 2 is 1.42 bits per heavy atom. The van der Waals surface area contributed by atoms with Gasteiger partial charge in [-0.05, 0) is 36.2 Å². The monoisotopic (exact) mass is 855 g/mol. The van der Waals surface area contributed by atoms with E-state index < -0.39 is 5.41 Å². The van der Waals surface area contributed by atoms with Gasteiger partial charge in [-0.2, -0.15) is 42.1 Å². The fourth-order valence-corrected chi connectivity index (χ4v) is 8.48. The molecule has 0 amide bonds. The van der Waals surface area contributed by atoms with Crippen molar-refractivity contribution in [2.75, 3.05) is 16.8 Å². The van der Waals surface area contributed by atoms with Gasteiger partial charge in [-0.15, -0.1) is 23.4 Å². The second kappa shape index (κ2) is 11.4. The van der Waals surface area contributed by atoms with Crippen molar-refractivity contribution in [2.45, 2.75) is 38.5 Å². The van der Waals surface area contributed by atoms with Crippen molar-refractivity contribution >= 4 is 49.9 Å². The summed E-state index contributed by atoms with van der Waals surface area (Å²) in [4.78, 5) is 4.45. The Labute approximate surface area is 319 Å². The van der Waals surface area contributed by atoms with Crippen LogP contribution >= 0.6 is 0 Å². The van der Waals surface area contributed by atoms with Gasteiger partial charge in [0, 0.05) is 38.6 Å². The van der Waals surface area contributed by atoms with Gasteiger partial charge in [0.15, 0.2) is 0 Å². The van der Waals surface area contributed by atoms with Gasteiger partial charge >= 0.3 is 21.1 Å². The van der Waals surface area contributed by atoms with Crippen molar-refractivity contribution in [1.29, 1.82) is 0 Å². The first-order valence-electron chi connectivity index (χ1n) is 17.7. The molecule has 0 fully saturated rings. The molecule has 0 bridgehead atoms. The Morgan fingerprint density at radius 3 is 2.23 bits per heavy atom. The summed E-state index contributed by atoms with van der Waals surface area (Å²) in [5.41, 5.74) is 14.2. The molecule has 0 saturated heterocycles. The Morgan fingerprint density at radius 1 is 0.712 bits per heavy atom. The molecule has 0 spiro atoms. The molecule has 1 unspecified atom stereocenters. The third-order valence-electron chi connectivity index (χ3n) is 11.2. The third kappa shape index (κ3) is 4.48. The molecule has 256 valence electrons. The molecule has 52 heavy (non-hydrogen) atoms. The van der Waals surface area contributed by atoms with E-state index in [0.717, 1.165) is 44.9 Å². The average Bonchev–Trinajstić information content (AvgIpc) is 3.79. The van der Waals surface area contributed by atoms with E-state index in [1.807, 2.05) is 0 Å². The van der Waals surface area contributed by atoms with Crippen LogP contribution in [-0.2, 0) is 38.9 Å². The van der Waals surface area contributed by atoms with Crippen LogP contribution in [0.4, 0.5) is 17.1 Å². The predicted molar refractivity (Wildman–Crippen MR) is 207 cm³/mol. The molecule has 0 N–H and O–H groups in total. The number of hydrogen-bond acceptors (Lipinski definition) is 2. The standard InChI is InChI=1S/C46H38N5.Pt/c1-45(2,3)30-24-31(26-33(25-30)50-29-48(6)41-19-10-12-21-43(41)50)46(4)36-16-13-15-35-34-14-7-8-17-38(34)51(44(35)36)39-23-22-32(27-37(39)46)49-28-47(5)40-18-9-11-20-42(40)49;/h7-25,28H,1-6H3;/q-3;+4. The van der Waals surface area contributed by atoms with Crippen LogP contribution in [0.3, 0.4) is 0 Å². The van der Waals surface area contributed by atoms with Gasteiger partial charge < -0.3 is 23.5 Å². The van der Waals surface area contributed by atoms with Gasteiger partial charge in [-0.25, -0.2) is 0 Å². The van der Waals surface area contributed by atoms with Crippen molar-refractivity contribution in [2.24, 2.45) is 7.05 Å². The Balaban J connectivity index is 0.00000360. The van der Waals surface area contributed by atoms with Crippen LogP contribution in [0.15, 0.2) is 115 Å². The molecule has 6 heteroatoms. The van der Waals surface area contributed by atoms with E-state index in [1.54, 1.807) is 0 Å². The van der Waals surface area contributed by atoms with E-state index >= 15 is 0 Å². The number of aryl methyl sites for hydroxylation is 1. The molecule has 8 aromatic rings. The molecule has 2 aromatic heterocycles. The molecular formula is C46H38N5Pt+. The topological polar surface area (TPSA) is 20.2 Å². The van der Waals surface area contributed by atoms with E-state index in [2.05, 4.69) is 206 Å². The number of rotatable bonds is 3. The molecular weight excluding hydrogens is 818 g/mol. The second-order valence-corrected chi connectivity index (χ2v) is 15.3. The fourth-order valence-electron chi connectivity index (χ4n) is 8.48. The number of nitrogens with zero attached hydrogens (tertiary/aromatic N) is 5. The second-order valence-electron chi connectivity index (χ2n) is 15.3. The van der Waals surface area contributed by atoms with Crippen molar-refractivity contribution in [3.05, 3.63) is 163 Å². The van der Waals surface area contributed by atoms with Crippen LogP contribution in [0.25, 0.3) is 44.2 Å². The van der Waals surface area contributed by atoms with Crippen LogP contribution in [0.5, 0.6) is 0 Å². The molecule has 2 aliphatic heterocycles. The minimum absolute atomic E-state index is 0. The predicted octanol–water partition coefficient (Wildman–Crippen LogP) is 9.62. The van der Waals surface area contributed by atoms with Gasteiger partial charge in [0.2, 0.25) is 6.33 Å². The van der Waals surface area contributed by atoms with Crippen LogP contribution in [0.1, 0.15) is 49.9 Å². The van der Waals surface area contributed by atoms with Crippen LogP contribution in [0.2, 0.25) is 0 Å². The van der Waals surface area contributed by atoms with Crippen molar-refractivity contribution < 1.29 is 25.6 Å². The number of benzene rings is 6. The molecule has 2 aliphatic rings. The van der Waals surface area contributed by atoms with Crippen molar-refractivity contribution in [3.8, 4) is 11.4 Å². The first-order chi connectivity index (χ1) is 24.6. The van der Waals surface area contributed by atoms with E-state index in [-0.39, 0.29) is 26.5 Å². The van der Waals surface area contributed by atoms with E-state index in [4.69, 9.17) is 0 Å². The molecule has 10 rings (SSSR count). The van der Waals surface area contributed by atoms with E-state index in [0.29, 0.717) is 0 Å². The van der Waals surface area contributed by atoms with Gasteiger partial charge in [0.1, 0.15) is 0 Å². The van der Waals surface area contributed by atoms with Gasteiger partial charge in [0.05, 0.1) is 18.1 Å². The maximum Gasteiger partial charge on any atom is 4.00 e. The summed E-state index contributed by atoms with van der Waals surface area (Å²) in [5.74, 6) is 0. The number of para-hydroxylation sites is 6. The summed E-state index contributed by atoms with van der Waals surface area (Å²) in [6, 6.07) is 49.9. The summed E-state index contributed by atoms with van der Waals surface area (Å²) >= 11 is 0. The SMILES string of the molecule is CN1[CH-]N(c2[c-]c3c(cc2)-n2c4ccccc4c4cccc(c42)C3(C)c2[c-]c(-n3[c-][n+](C)c4ccccc43)cc(C(C)(C)C)c2)c2ccccc21.[Pt+4]. The third-order valence-corrected chi connectivity index (χ3v) is 11.2. The summed E-state index contributed by atoms with van der Waals surface area (Å²) in [6.45, 7) is 11.4. The first kappa shape index (κ1) is 32.8. The molecule has 0 saturated carbocycles. The largest absolute Gasteiger partial charge is 4.00 e. The average molecular weight is 856 g/mol. The molecule has 5 nitrogen and oxygen atoms in total. The zero-order chi connectivity index (χ0) is 34.8. The summed E-state index contributed by atoms with van der Waals surface area (Å²) in [7, 11) is 4.17. The Kier molecular flexibility index (Phi) is 7.21. The molecule has 1 atom stereocenters. The van der Waals surface area contributed by atoms with Gasteiger partial charge in [-0.3, -0.25) is 0 Å². The Bertz CT molecular complexity index is 2730. The molecule has 6 aromatic carbocycles. The zero-order valence-corrected chi connectivity index (χ0v) is 32.4. The molecule has 0 radical (unpaired) electrons.